The summed E-state index contributed by atoms with van der Waals surface area (Å²) in [5.41, 5.74) is 1.46. The van der Waals surface area contributed by atoms with Gasteiger partial charge in [0.2, 0.25) is 0 Å². The fourth-order valence-electron chi connectivity index (χ4n) is 2.68. The summed E-state index contributed by atoms with van der Waals surface area (Å²) in [7, 11) is 4.41. The third-order valence-corrected chi connectivity index (χ3v) is 4.02. The predicted octanol–water partition coefficient (Wildman–Crippen LogP) is 2.18. The molecular weight excluding hydrogens is 224 g/mol. The Labute approximate surface area is 110 Å². The van der Waals surface area contributed by atoms with Crippen LogP contribution in [0.15, 0.2) is 24.3 Å². The minimum Gasteiger partial charge on any atom is -0.494 e. The summed E-state index contributed by atoms with van der Waals surface area (Å²) in [5, 5.41) is 0. The van der Waals surface area contributed by atoms with Gasteiger partial charge in [0, 0.05) is 19.6 Å². The van der Waals surface area contributed by atoms with Crippen LogP contribution in [0.3, 0.4) is 0 Å². The maximum Gasteiger partial charge on any atom is 0.119 e. The Morgan fingerprint density at radius 1 is 1.17 bits per heavy atom. The van der Waals surface area contributed by atoms with Crippen LogP contribution in [0.4, 0.5) is 0 Å². The molecule has 1 aromatic rings. The summed E-state index contributed by atoms with van der Waals surface area (Å²) < 4.78 is 5.51. The third-order valence-electron chi connectivity index (χ3n) is 4.02. The van der Waals surface area contributed by atoms with Gasteiger partial charge in [-0.1, -0.05) is 12.1 Å². The Morgan fingerprint density at radius 2 is 1.83 bits per heavy atom. The summed E-state index contributed by atoms with van der Waals surface area (Å²) in [6.45, 7) is 8.37. The Balaban J connectivity index is 2.22. The highest BCUT2D eigenvalue weighted by Crippen LogP contribution is 2.31. The van der Waals surface area contributed by atoms with E-state index in [0.29, 0.717) is 0 Å². The molecule has 3 nitrogen and oxygen atoms in total. The van der Waals surface area contributed by atoms with Crippen molar-refractivity contribution in [1.29, 1.82) is 0 Å². The van der Waals surface area contributed by atoms with Gasteiger partial charge in [-0.15, -0.1) is 0 Å². The Kier molecular flexibility index (Phi) is 3.93. The summed E-state index contributed by atoms with van der Waals surface area (Å²) in [6, 6.07) is 8.54. The van der Waals surface area contributed by atoms with Gasteiger partial charge in [0.15, 0.2) is 0 Å². The van der Waals surface area contributed by atoms with Crippen molar-refractivity contribution in [3.8, 4) is 5.75 Å². The molecule has 1 saturated heterocycles. The lowest BCUT2D eigenvalue weighted by atomic mass is 9.88. The van der Waals surface area contributed by atoms with E-state index in [9.17, 15) is 0 Å². The molecule has 0 aliphatic carbocycles. The molecule has 1 heterocycles. The van der Waals surface area contributed by atoms with E-state index in [4.69, 9.17) is 4.74 Å². The molecule has 0 saturated carbocycles. The van der Waals surface area contributed by atoms with Crippen LogP contribution in [0.25, 0.3) is 0 Å². The molecule has 1 aromatic carbocycles. The number of hydrogen-bond donors (Lipinski definition) is 0. The zero-order valence-electron chi connectivity index (χ0n) is 11.9. The standard InChI is InChI=1S/C15H24N2O/c1-5-18-14-8-6-13(7-9-14)15(2)12-16(3)10-11-17(15)4/h6-9H,5,10-12H2,1-4H3. The molecule has 1 atom stereocenters. The molecule has 0 N–H and O–H groups in total. The van der Waals surface area contributed by atoms with Crippen molar-refractivity contribution in [2.45, 2.75) is 19.4 Å². The van der Waals surface area contributed by atoms with Crippen LogP contribution in [0, 0.1) is 0 Å². The molecule has 0 amide bonds. The number of likely N-dealkylation sites (N-methyl/N-ethyl adjacent to an activating group) is 2. The van der Waals surface area contributed by atoms with Crippen LogP contribution in [-0.2, 0) is 5.54 Å². The monoisotopic (exact) mass is 248 g/mol. The van der Waals surface area contributed by atoms with Crippen LogP contribution in [0.5, 0.6) is 5.75 Å². The lowest BCUT2D eigenvalue weighted by Gasteiger charge is -2.46. The second kappa shape index (κ2) is 5.29. The molecule has 1 unspecified atom stereocenters. The van der Waals surface area contributed by atoms with Crippen LogP contribution >= 0.6 is 0 Å². The number of benzene rings is 1. The molecule has 0 aromatic heterocycles. The fraction of sp³-hybridized carbons (Fsp3) is 0.600. The SMILES string of the molecule is CCOc1ccc(C2(C)CN(C)CCN2C)cc1. The van der Waals surface area contributed by atoms with Gasteiger partial charge in [-0.3, -0.25) is 4.90 Å². The van der Waals surface area contributed by atoms with Gasteiger partial charge in [0.05, 0.1) is 12.1 Å². The van der Waals surface area contributed by atoms with E-state index in [2.05, 4.69) is 55.1 Å². The Bertz CT molecular complexity index is 390. The maximum atomic E-state index is 5.51. The highest BCUT2D eigenvalue weighted by molar-refractivity contribution is 5.32. The van der Waals surface area contributed by atoms with Crippen molar-refractivity contribution >= 4 is 0 Å². The molecule has 3 heteroatoms. The molecule has 1 aliphatic rings. The van der Waals surface area contributed by atoms with E-state index < -0.39 is 0 Å². The van der Waals surface area contributed by atoms with Crippen molar-refractivity contribution in [2.24, 2.45) is 0 Å². The summed E-state index contributed by atoms with van der Waals surface area (Å²) in [6.07, 6.45) is 0. The lowest BCUT2D eigenvalue weighted by molar-refractivity contribution is 0.0379. The zero-order chi connectivity index (χ0) is 13.2. The Morgan fingerprint density at radius 3 is 2.44 bits per heavy atom. The number of piperazine rings is 1. The first-order chi connectivity index (χ1) is 8.56. The molecule has 0 spiro atoms. The van der Waals surface area contributed by atoms with Crippen LogP contribution in [0.2, 0.25) is 0 Å². The average molecular weight is 248 g/mol. The highest BCUT2D eigenvalue weighted by Gasteiger charge is 2.35. The van der Waals surface area contributed by atoms with Gasteiger partial charge >= 0.3 is 0 Å². The molecule has 1 fully saturated rings. The molecule has 1 aliphatic heterocycles. The predicted molar refractivity (Wildman–Crippen MR) is 75.1 cm³/mol. The maximum absolute atomic E-state index is 5.51. The molecule has 100 valence electrons. The third kappa shape index (κ3) is 2.52. The van der Waals surface area contributed by atoms with E-state index in [1.54, 1.807) is 0 Å². The van der Waals surface area contributed by atoms with Crippen LogP contribution < -0.4 is 4.74 Å². The summed E-state index contributed by atoms with van der Waals surface area (Å²) in [5.74, 6) is 0.955. The number of ether oxygens (including phenoxy) is 1. The first-order valence-corrected chi connectivity index (χ1v) is 6.69. The molecule has 18 heavy (non-hydrogen) atoms. The van der Waals surface area contributed by atoms with Gasteiger partial charge in [0.25, 0.3) is 0 Å². The summed E-state index contributed by atoms with van der Waals surface area (Å²) in [4.78, 5) is 4.85. The van der Waals surface area contributed by atoms with E-state index in [1.807, 2.05) is 6.92 Å². The van der Waals surface area contributed by atoms with E-state index in [1.165, 1.54) is 5.56 Å². The van der Waals surface area contributed by atoms with Crippen molar-refractivity contribution in [3.05, 3.63) is 29.8 Å². The molecule has 0 bridgehead atoms. The van der Waals surface area contributed by atoms with Gasteiger partial charge < -0.3 is 9.64 Å². The van der Waals surface area contributed by atoms with Gasteiger partial charge in [-0.25, -0.2) is 0 Å². The number of rotatable bonds is 3. The number of nitrogens with zero attached hydrogens (tertiary/aromatic N) is 2. The minimum absolute atomic E-state index is 0.0950. The van der Waals surface area contributed by atoms with Crippen LogP contribution in [-0.4, -0.2) is 50.1 Å². The normalized spacial score (nSPS) is 26.2. The van der Waals surface area contributed by atoms with Crippen molar-refractivity contribution < 1.29 is 4.74 Å². The molecule has 2 rings (SSSR count). The lowest BCUT2D eigenvalue weighted by Crippen LogP contribution is -2.56. The first-order valence-electron chi connectivity index (χ1n) is 6.69. The van der Waals surface area contributed by atoms with Crippen molar-refractivity contribution in [3.63, 3.8) is 0 Å². The molecule has 0 radical (unpaired) electrons. The highest BCUT2D eigenvalue weighted by atomic mass is 16.5. The van der Waals surface area contributed by atoms with Crippen LogP contribution in [0.1, 0.15) is 19.4 Å². The van der Waals surface area contributed by atoms with E-state index in [-0.39, 0.29) is 5.54 Å². The smallest absolute Gasteiger partial charge is 0.119 e. The fourth-order valence-corrected chi connectivity index (χ4v) is 2.68. The second-order valence-corrected chi connectivity index (χ2v) is 5.39. The quantitative estimate of drug-likeness (QED) is 0.815. The second-order valence-electron chi connectivity index (χ2n) is 5.39. The zero-order valence-corrected chi connectivity index (χ0v) is 11.9. The van der Waals surface area contributed by atoms with E-state index in [0.717, 1.165) is 32.0 Å². The summed E-state index contributed by atoms with van der Waals surface area (Å²) >= 11 is 0. The average Bonchev–Trinajstić information content (AvgIpc) is 2.35. The van der Waals surface area contributed by atoms with Crippen molar-refractivity contribution in [2.75, 3.05) is 40.3 Å². The Hall–Kier alpha value is -1.06. The largest absolute Gasteiger partial charge is 0.494 e. The molecular formula is C15H24N2O. The van der Waals surface area contributed by atoms with Crippen molar-refractivity contribution in [1.82, 2.24) is 9.80 Å². The van der Waals surface area contributed by atoms with Gasteiger partial charge in [0.1, 0.15) is 5.75 Å². The first kappa shape index (κ1) is 13.4. The topological polar surface area (TPSA) is 15.7 Å². The van der Waals surface area contributed by atoms with E-state index >= 15 is 0 Å². The number of hydrogen-bond acceptors (Lipinski definition) is 3. The minimum atomic E-state index is 0.0950. The van der Waals surface area contributed by atoms with Gasteiger partial charge in [-0.2, -0.15) is 0 Å². The van der Waals surface area contributed by atoms with Gasteiger partial charge in [-0.05, 0) is 45.6 Å².